The Kier molecular flexibility index (Phi) is 192. The largest absolute Gasteiger partial charge is 1.00 e. The smallest absolute Gasteiger partial charge is 0.598 e. The van der Waals surface area contributed by atoms with E-state index in [-0.39, 0.29) is 185 Å². The molecule has 0 fully saturated rings. The van der Waals surface area contributed by atoms with Crippen LogP contribution in [0.4, 0.5) is 0 Å². The van der Waals surface area contributed by atoms with Gasteiger partial charge in [-0.25, -0.2) is 0 Å². The van der Waals surface area contributed by atoms with Crippen molar-refractivity contribution in [1.29, 1.82) is 0 Å². The van der Waals surface area contributed by atoms with E-state index >= 15 is 0 Å². The maximum Gasteiger partial charge on any atom is 1.00 e. The molecule has 0 heterocycles. The van der Waals surface area contributed by atoms with Crippen molar-refractivity contribution in [3.8, 4) is 0 Å². The molecule has 0 atom stereocenters. The summed E-state index contributed by atoms with van der Waals surface area (Å²) in [4.78, 5) is 65.1. The molecular formula is CH6Na6O12P4+4. The molecule has 0 spiro atoms. The molecule has 0 amide bonds. The van der Waals surface area contributed by atoms with Crippen molar-refractivity contribution >= 4 is 33.0 Å². The molecular weight excluding hydrogens is 466 g/mol. The van der Waals surface area contributed by atoms with E-state index in [0.717, 1.165) is 0 Å². The van der Waals surface area contributed by atoms with Crippen molar-refractivity contribution in [3.63, 3.8) is 0 Å². The summed E-state index contributed by atoms with van der Waals surface area (Å²) >= 11 is 0. The Balaban J connectivity index is -0.00000000842. The molecule has 0 aromatic rings. The van der Waals surface area contributed by atoms with Crippen LogP contribution in [0.2, 0.25) is 0 Å². The third-order valence-corrected chi connectivity index (χ3v) is 0. The number of hydrogen-bond acceptors (Lipinski definition) is 10. The van der Waals surface area contributed by atoms with E-state index in [1.807, 2.05) is 0 Å². The predicted molar refractivity (Wildman–Crippen MR) is 41.6 cm³/mol. The Morgan fingerprint density at radius 2 is 0.478 bits per heavy atom. The minimum Gasteiger partial charge on any atom is -0.598 e. The predicted octanol–water partition coefficient (Wildman–Crippen LogP) is -22.6. The van der Waals surface area contributed by atoms with Crippen molar-refractivity contribution in [2.24, 2.45) is 0 Å². The summed E-state index contributed by atoms with van der Waals surface area (Å²) in [7, 11) is -13.0. The van der Waals surface area contributed by atoms with Gasteiger partial charge in [0, 0.05) is 4.57 Å². The van der Waals surface area contributed by atoms with Gasteiger partial charge in [-0.2, -0.15) is 0 Å². The van der Waals surface area contributed by atoms with Crippen LogP contribution in [0.3, 0.4) is 0 Å². The van der Waals surface area contributed by atoms with Gasteiger partial charge in [-0.3, -0.25) is 0 Å². The molecule has 104 valence electrons. The third kappa shape index (κ3) is 517. The number of rotatable bonds is 0. The fourth-order valence-electron chi connectivity index (χ4n) is 0. The topological polar surface area (TPSA) is 247 Å². The van der Waals surface area contributed by atoms with Gasteiger partial charge in [-0.1, -0.05) is 21.1 Å². The van der Waals surface area contributed by atoms with E-state index in [1.54, 1.807) is 0 Å². The average Bonchev–Trinajstić information content (AvgIpc) is 1.76. The van der Waals surface area contributed by atoms with Gasteiger partial charge in [0.15, 0.2) is 0 Å². The van der Waals surface area contributed by atoms with Gasteiger partial charge in [0.25, 0.3) is 24.8 Å². The zero-order chi connectivity index (χ0) is 14.3. The summed E-state index contributed by atoms with van der Waals surface area (Å²) in [6.45, 7) is 0. The fraction of sp³-hybridized carbons (Fsp3) is 1.00. The van der Waals surface area contributed by atoms with Crippen molar-refractivity contribution in [2.75, 3.05) is 0 Å². The maximum atomic E-state index is 8.70. The van der Waals surface area contributed by atoms with E-state index in [0.29, 0.717) is 0 Å². The van der Waals surface area contributed by atoms with E-state index in [1.165, 1.54) is 0 Å². The Hall–Kier alpha value is 6.08. The van der Waals surface area contributed by atoms with Gasteiger partial charge >= 0.3 is 186 Å². The monoisotopic (exact) mass is 472 g/mol. The molecule has 0 aromatic heterocycles. The first-order valence-corrected chi connectivity index (χ1v) is 6.68. The molecule has 12 nitrogen and oxygen atoms in total. The van der Waals surface area contributed by atoms with Crippen LogP contribution in [0.15, 0.2) is 0 Å². The second-order valence-electron chi connectivity index (χ2n) is 0.924. The van der Waals surface area contributed by atoms with Crippen molar-refractivity contribution in [3.05, 3.63) is 0 Å². The van der Waals surface area contributed by atoms with Crippen LogP contribution < -0.4 is 207 Å². The van der Waals surface area contributed by atoms with E-state index in [9.17, 15) is 0 Å². The Bertz CT molecular complexity index is 178. The molecule has 0 radical (unpaired) electrons. The first kappa shape index (κ1) is 70.1. The molecule has 0 aromatic carbocycles. The van der Waals surface area contributed by atoms with Crippen LogP contribution >= 0.6 is 33.0 Å². The van der Waals surface area contributed by atoms with E-state index < -0.39 is 33.0 Å². The quantitative estimate of drug-likeness (QED) is 0.247. The van der Waals surface area contributed by atoms with E-state index in [2.05, 4.69) is 0 Å². The fourth-order valence-corrected chi connectivity index (χ4v) is 0. The maximum absolute atomic E-state index is 8.70. The molecule has 22 heteroatoms. The number of hydrogen-bond donors (Lipinski definition) is 2. The summed E-state index contributed by atoms with van der Waals surface area (Å²) in [5.41, 5.74) is 0. The Morgan fingerprint density at radius 1 is 0.478 bits per heavy atom. The zero-order valence-corrected chi connectivity index (χ0v) is 28.3. The summed E-state index contributed by atoms with van der Waals surface area (Å²) in [5, 5.41) is 0. The first-order chi connectivity index (χ1) is 6.93. The molecule has 0 bridgehead atoms. The standard InChI is InChI=1S/CH4.6Na.4HO3P/c;;;;;;;4*1-4(2)3/h1H4;;;;;;;(H-,1,2,3);3*(H,1,2,3)/q;6*+1;;;;/p-2. The van der Waals surface area contributed by atoms with Crippen LogP contribution in [-0.2, 0) is 18.3 Å². The molecule has 0 saturated carbocycles. The first-order valence-electron chi connectivity index (χ1n) is 2.23. The van der Waals surface area contributed by atoms with Crippen molar-refractivity contribution in [1.82, 2.24) is 0 Å². The summed E-state index contributed by atoms with van der Waals surface area (Å²) < 4.78 is 34.1. The molecule has 0 saturated heterocycles. The third-order valence-electron chi connectivity index (χ3n) is 0. The molecule has 2 N–H and O–H groups in total. The normalized spacial score (nSPS) is 4.52. The van der Waals surface area contributed by atoms with Crippen LogP contribution in [-0.4, -0.2) is 9.79 Å². The molecule has 0 aliphatic rings. The van der Waals surface area contributed by atoms with Gasteiger partial charge in [0.2, 0.25) is 0 Å². The minimum absolute atomic E-state index is 0. The SMILES string of the molecule is C.O=[P+](O)O.O=[P+]([O-])[O-].O=[P+]([O-])[O-].O=[P+]([O-])[O-].[Na+].[Na+].[Na+].[Na+].[Na+].[Na+]. The van der Waals surface area contributed by atoms with Gasteiger partial charge in [-0.05, 0) is 0 Å². The molecule has 23 heavy (non-hydrogen) atoms. The zero-order valence-electron chi connectivity index (χ0n) is 12.8. The van der Waals surface area contributed by atoms with Crippen LogP contribution in [0.5, 0.6) is 0 Å². The van der Waals surface area contributed by atoms with Crippen LogP contribution in [0, 0.1) is 0 Å². The molecule has 0 aliphatic carbocycles. The van der Waals surface area contributed by atoms with Crippen molar-refractivity contribution < 1.29 is 235 Å². The summed E-state index contributed by atoms with van der Waals surface area (Å²) in [6, 6.07) is 0. The molecule has 0 unspecified atom stereocenters. The van der Waals surface area contributed by atoms with Gasteiger partial charge < -0.3 is 29.4 Å². The molecule has 0 aliphatic heterocycles. The Labute approximate surface area is 269 Å². The van der Waals surface area contributed by atoms with Crippen molar-refractivity contribution in [2.45, 2.75) is 7.43 Å². The minimum atomic E-state index is -3.37. The van der Waals surface area contributed by atoms with Crippen LogP contribution in [0.25, 0.3) is 0 Å². The van der Waals surface area contributed by atoms with Gasteiger partial charge in [-0.15, -0.1) is 9.79 Å². The van der Waals surface area contributed by atoms with E-state index in [4.69, 9.17) is 57.4 Å². The van der Waals surface area contributed by atoms with Crippen LogP contribution in [0.1, 0.15) is 7.43 Å². The second kappa shape index (κ2) is 63.0. The van der Waals surface area contributed by atoms with Gasteiger partial charge in [0.1, 0.15) is 0 Å². The average molecular weight is 472 g/mol. The summed E-state index contributed by atoms with van der Waals surface area (Å²) in [6.07, 6.45) is 0. The second-order valence-corrected chi connectivity index (χ2v) is 2.77. The molecule has 0 rings (SSSR count). The summed E-state index contributed by atoms with van der Waals surface area (Å²) in [5.74, 6) is 0. The Morgan fingerprint density at radius 3 is 0.478 bits per heavy atom. The van der Waals surface area contributed by atoms with Gasteiger partial charge in [0.05, 0.1) is 0 Å².